The van der Waals surface area contributed by atoms with Gasteiger partial charge in [0.1, 0.15) is 0 Å². The van der Waals surface area contributed by atoms with Gasteiger partial charge in [0.25, 0.3) is 0 Å². The lowest BCUT2D eigenvalue weighted by atomic mass is 9.85. The minimum absolute atomic E-state index is 0.368. The van der Waals surface area contributed by atoms with Crippen molar-refractivity contribution in [1.29, 1.82) is 0 Å². The molecule has 100 valence electrons. The molecule has 0 heterocycles. The molecule has 0 aromatic heterocycles. The first-order valence-corrected chi connectivity index (χ1v) is 7.05. The summed E-state index contributed by atoms with van der Waals surface area (Å²) in [5.74, 6) is 0.507. The summed E-state index contributed by atoms with van der Waals surface area (Å²) in [7, 11) is 2.05. The van der Waals surface area contributed by atoms with Gasteiger partial charge in [0, 0.05) is 12.0 Å². The molecule has 1 N–H and O–H groups in total. The van der Waals surface area contributed by atoms with E-state index in [9.17, 15) is 0 Å². The van der Waals surface area contributed by atoms with Crippen LogP contribution in [0.1, 0.15) is 42.0 Å². The van der Waals surface area contributed by atoms with E-state index in [4.69, 9.17) is 0 Å². The summed E-state index contributed by atoms with van der Waals surface area (Å²) in [4.78, 5) is 0. The number of hydrogen-bond acceptors (Lipinski definition) is 1. The van der Waals surface area contributed by atoms with Crippen LogP contribution in [-0.2, 0) is 0 Å². The molecule has 0 saturated heterocycles. The van der Waals surface area contributed by atoms with Gasteiger partial charge in [-0.25, -0.2) is 0 Å². The molecule has 0 saturated carbocycles. The Kier molecular flexibility index (Phi) is 4.75. The highest BCUT2D eigenvalue weighted by Crippen LogP contribution is 2.33. The van der Waals surface area contributed by atoms with E-state index in [1.165, 1.54) is 16.7 Å². The highest BCUT2D eigenvalue weighted by atomic mass is 14.9. The monoisotopic (exact) mass is 253 g/mol. The molecule has 2 rings (SSSR count). The Balaban J connectivity index is 2.34. The minimum Gasteiger partial charge on any atom is -0.312 e. The van der Waals surface area contributed by atoms with Crippen molar-refractivity contribution in [3.63, 3.8) is 0 Å². The van der Waals surface area contributed by atoms with E-state index in [1.54, 1.807) is 0 Å². The minimum atomic E-state index is 0.368. The lowest BCUT2D eigenvalue weighted by molar-refractivity contribution is 0.468. The van der Waals surface area contributed by atoms with E-state index in [0.29, 0.717) is 12.0 Å². The maximum atomic E-state index is 3.50. The van der Waals surface area contributed by atoms with Crippen LogP contribution in [0.5, 0.6) is 0 Å². The summed E-state index contributed by atoms with van der Waals surface area (Å²) in [6.45, 7) is 4.41. The molecule has 1 nitrogen and oxygen atoms in total. The molecule has 2 aromatic rings. The van der Waals surface area contributed by atoms with E-state index in [1.807, 2.05) is 0 Å². The highest BCUT2D eigenvalue weighted by Gasteiger charge is 2.21. The van der Waals surface area contributed by atoms with Crippen LogP contribution in [-0.4, -0.2) is 7.05 Å². The van der Waals surface area contributed by atoms with E-state index >= 15 is 0 Å². The van der Waals surface area contributed by atoms with Gasteiger partial charge in [-0.15, -0.1) is 0 Å². The number of rotatable bonds is 5. The Bertz CT molecular complexity index is 504. The van der Waals surface area contributed by atoms with Gasteiger partial charge in [-0.1, -0.05) is 67.1 Å². The topological polar surface area (TPSA) is 12.0 Å². The van der Waals surface area contributed by atoms with E-state index in [2.05, 4.69) is 80.8 Å². The van der Waals surface area contributed by atoms with Crippen molar-refractivity contribution in [2.75, 3.05) is 7.05 Å². The van der Waals surface area contributed by atoms with Gasteiger partial charge in [0.15, 0.2) is 0 Å². The van der Waals surface area contributed by atoms with Crippen molar-refractivity contribution in [3.05, 3.63) is 71.3 Å². The third kappa shape index (κ3) is 3.24. The fraction of sp³-hybridized carbons (Fsp3) is 0.333. The van der Waals surface area contributed by atoms with E-state index < -0.39 is 0 Å². The van der Waals surface area contributed by atoms with Crippen LogP contribution in [0.15, 0.2) is 54.6 Å². The molecule has 2 unspecified atom stereocenters. The quantitative estimate of drug-likeness (QED) is 0.830. The highest BCUT2D eigenvalue weighted by molar-refractivity contribution is 5.30. The maximum Gasteiger partial charge on any atom is 0.0387 e. The predicted molar refractivity (Wildman–Crippen MR) is 82.5 cm³/mol. The van der Waals surface area contributed by atoms with Gasteiger partial charge >= 0.3 is 0 Å². The summed E-state index contributed by atoms with van der Waals surface area (Å²) >= 11 is 0. The molecule has 19 heavy (non-hydrogen) atoms. The van der Waals surface area contributed by atoms with Gasteiger partial charge < -0.3 is 5.32 Å². The number of aryl methyl sites for hydroxylation is 1. The molecular formula is C18H23N. The van der Waals surface area contributed by atoms with Crippen molar-refractivity contribution in [1.82, 2.24) is 5.32 Å². The summed E-state index contributed by atoms with van der Waals surface area (Å²) in [6, 6.07) is 20.0. The van der Waals surface area contributed by atoms with Gasteiger partial charge in [-0.2, -0.15) is 0 Å². The Labute approximate surface area is 116 Å². The molecule has 0 radical (unpaired) electrons. The Hall–Kier alpha value is -1.60. The first-order chi connectivity index (χ1) is 9.26. The van der Waals surface area contributed by atoms with Gasteiger partial charge in [-0.3, -0.25) is 0 Å². The van der Waals surface area contributed by atoms with Crippen LogP contribution in [0.25, 0.3) is 0 Å². The third-order valence-corrected chi connectivity index (χ3v) is 3.78. The molecular weight excluding hydrogens is 230 g/mol. The largest absolute Gasteiger partial charge is 0.312 e. The van der Waals surface area contributed by atoms with Crippen molar-refractivity contribution in [2.24, 2.45) is 0 Å². The van der Waals surface area contributed by atoms with E-state index in [-0.39, 0.29) is 0 Å². The van der Waals surface area contributed by atoms with Crippen LogP contribution in [0.3, 0.4) is 0 Å². The van der Waals surface area contributed by atoms with Crippen LogP contribution in [0.4, 0.5) is 0 Å². The van der Waals surface area contributed by atoms with Crippen LogP contribution in [0, 0.1) is 6.92 Å². The molecule has 1 heteroatoms. The summed E-state index contributed by atoms with van der Waals surface area (Å²) in [5, 5.41) is 3.50. The molecule has 0 aliphatic rings. The molecule has 0 aliphatic carbocycles. The molecule has 0 bridgehead atoms. The first-order valence-electron chi connectivity index (χ1n) is 7.05. The standard InChI is InChI=1S/C18H23N/c1-4-17(15-10-6-5-7-11-15)18(19-3)16-12-8-9-14(2)13-16/h5-13,17-19H,4H2,1-3H3. The fourth-order valence-corrected chi connectivity index (χ4v) is 2.83. The predicted octanol–water partition coefficient (Wildman–Crippen LogP) is 4.45. The molecule has 2 aromatic carbocycles. The van der Waals surface area contributed by atoms with Crippen molar-refractivity contribution in [3.8, 4) is 0 Å². The van der Waals surface area contributed by atoms with Crippen molar-refractivity contribution < 1.29 is 0 Å². The molecule has 2 atom stereocenters. The Morgan fingerprint density at radius 1 is 0.947 bits per heavy atom. The number of likely N-dealkylation sites (N-methyl/N-ethyl adjacent to an activating group) is 1. The smallest absolute Gasteiger partial charge is 0.0387 e. The molecule has 0 fully saturated rings. The zero-order chi connectivity index (χ0) is 13.7. The third-order valence-electron chi connectivity index (χ3n) is 3.78. The molecule has 0 spiro atoms. The Morgan fingerprint density at radius 2 is 1.63 bits per heavy atom. The lowest BCUT2D eigenvalue weighted by Gasteiger charge is -2.27. The first kappa shape index (κ1) is 13.8. The van der Waals surface area contributed by atoms with E-state index in [0.717, 1.165) is 6.42 Å². The number of hydrogen-bond donors (Lipinski definition) is 1. The van der Waals surface area contributed by atoms with Crippen molar-refractivity contribution >= 4 is 0 Å². The second-order valence-electron chi connectivity index (χ2n) is 5.11. The summed E-state index contributed by atoms with van der Waals surface area (Å²) in [5.41, 5.74) is 4.10. The second kappa shape index (κ2) is 6.53. The van der Waals surface area contributed by atoms with Crippen LogP contribution < -0.4 is 5.32 Å². The fourth-order valence-electron chi connectivity index (χ4n) is 2.83. The Morgan fingerprint density at radius 3 is 2.21 bits per heavy atom. The van der Waals surface area contributed by atoms with Gasteiger partial charge in [0.05, 0.1) is 0 Å². The molecule has 0 amide bonds. The number of nitrogens with one attached hydrogen (secondary N) is 1. The second-order valence-corrected chi connectivity index (χ2v) is 5.11. The summed E-state index contributed by atoms with van der Waals surface area (Å²) < 4.78 is 0. The van der Waals surface area contributed by atoms with Crippen LogP contribution >= 0.6 is 0 Å². The normalized spacial score (nSPS) is 14.1. The number of benzene rings is 2. The lowest BCUT2D eigenvalue weighted by Crippen LogP contribution is -2.23. The van der Waals surface area contributed by atoms with Crippen molar-refractivity contribution in [2.45, 2.75) is 32.2 Å². The average molecular weight is 253 g/mol. The zero-order valence-electron chi connectivity index (χ0n) is 12.1. The molecule has 0 aliphatic heterocycles. The maximum absolute atomic E-state index is 3.50. The van der Waals surface area contributed by atoms with Crippen LogP contribution in [0.2, 0.25) is 0 Å². The zero-order valence-corrected chi connectivity index (χ0v) is 12.1. The average Bonchev–Trinajstić information content (AvgIpc) is 2.45. The van der Waals surface area contributed by atoms with Gasteiger partial charge in [-0.05, 0) is 31.5 Å². The van der Waals surface area contributed by atoms with Gasteiger partial charge in [0.2, 0.25) is 0 Å². The SMILES string of the molecule is CCC(c1ccccc1)C(NC)c1cccc(C)c1. The summed E-state index contributed by atoms with van der Waals surface area (Å²) in [6.07, 6.45) is 1.13.